The van der Waals surface area contributed by atoms with Gasteiger partial charge in [-0.1, -0.05) is 55.8 Å². The van der Waals surface area contributed by atoms with Gasteiger partial charge in [0.1, 0.15) is 0 Å². The minimum Gasteiger partial charge on any atom is -0.334 e. The van der Waals surface area contributed by atoms with Crippen LogP contribution in [0.15, 0.2) is 54.6 Å². The Kier molecular flexibility index (Phi) is 5.18. The van der Waals surface area contributed by atoms with Gasteiger partial charge in [0, 0.05) is 12.2 Å². The molecule has 0 aliphatic carbocycles. The van der Waals surface area contributed by atoms with Crippen LogP contribution in [-0.4, -0.2) is 6.03 Å². The zero-order chi connectivity index (χ0) is 14.2. The van der Waals surface area contributed by atoms with Crippen LogP contribution < -0.4 is 10.6 Å². The lowest BCUT2D eigenvalue weighted by Crippen LogP contribution is -2.28. The molecule has 2 N–H and O–H groups in total. The van der Waals surface area contributed by atoms with E-state index in [1.165, 1.54) is 5.56 Å². The third-order valence-electron chi connectivity index (χ3n) is 3.05. The van der Waals surface area contributed by atoms with Crippen molar-refractivity contribution < 1.29 is 4.79 Å². The summed E-state index contributed by atoms with van der Waals surface area (Å²) in [7, 11) is 0. The van der Waals surface area contributed by atoms with E-state index in [-0.39, 0.29) is 6.03 Å². The molecule has 0 spiro atoms. The van der Waals surface area contributed by atoms with E-state index in [9.17, 15) is 4.79 Å². The highest BCUT2D eigenvalue weighted by molar-refractivity contribution is 5.89. The van der Waals surface area contributed by atoms with Gasteiger partial charge < -0.3 is 10.6 Å². The minimum atomic E-state index is -0.183. The first-order chi connectivity index (χ1) is 9.78. The number of carbonyl (C=O) groups is 1. The van der Waals surface area contributed by atoms with E-state index in [2.05, 4.69) is 29.7 Å². The molecule has 104 valence electrons. The van der Waals surface area contributed by atoms with Crippen LogP contribution in [0, 0.1) is 0 Å². The molecular weight excluding hydrogens is 248 g/mol. The highest BCUT2D eigenvalue weighted by Crippen LogP contribution is 2.10. The molecule has 0 unspecified atom stereocenters. The number of rotatable bonds is 5. The van der Waals surface area contributed by atoms with Gasteiger partial charge in [0.2, 0.25) is 0 Å². The fraction of sp³-hybridized carbons (Fsp3) is 0.235. The highest BCUT2D eigenvalue weighted by Gasteiger charge is 2.01. The third kappa shape index (κ3) is 4.43. The van der Waals surface area contributed by atoms with Crippen molar-refractivity contribution in [1.29, 1.82) is 0 Å². The quantitative estimate of drug-likeness (QED) is 0.846. The second-order valence-electron chi connectivity index (χ2n) is 4.74. The molecule has 20 heavy (non-hydrogen) atoms. The molecule has 2 aromatic rings. The largest absolute Gasteiger partial charge is 0.334 e. The van der Waals surface area contributed by atoms with Crippen LogP contribution >= 0.6 is 0 Å². The zero-order valence-corrected chi connectivity index (χ0v) is 11.7. The Hall–Kier alpha value is -2.29. The Morgan fingerprint density at radius 2 is 1.65 bits per heavy atom. The first kappa shape index (κ1) is 14.1. The molecule has 2 amide bonds. The van der Waals surface area contributed by atoms with Crippen molar-refractivity contribution in [2.75, 3.05) is 5.32 Å². The Morgan fingerprint density at radius 1 is 0.950 bits per heavy atom. The van der Waals surface area contributed by atoms with Crippen molar-refractivity contribution in [3.63, 3.8) is 0 Å². The molecule has 3 nitrogen and oxygen atoms in total. The summed E-state index contributed by atoms with van der Waals surface area (Å²) in [6.45, 7) is 2.68. The van der Waals surface area contributed by atoms with Crippen molar-refractivity contribution in [3.05, 3.63) is 65.7 Å². The van der Waals surface area contributed by atoms with Gasteiger partial charge in [0.25, 0.3) is 0 Å². The van der Waals surface area contributed by atoms with Crippen molar-refractivity contribution in [2.45, 2.75) is 26.3 Å². The van der Waals surface area contributed by atoms with E-state index in [4.69, 9.17) is 0 Å². The maximum absolute atomic E-state index is 11.8. The Balaban J connectivity index is 1.82. The average Bonchev–Trinajstić information content (AvgIpc) is 2.49. The zero-order valence-electron chi connectivity index (χ0n) is 11.7. The summed E-state index contributed by atoms with van der Waals surface area (Å²) in [4.78, 5) is 11.8. The van der Waals surface area contributed by atoms with Crippen molar-refractivity contribution in [3.8, 4) is 0 Å². The Labute approximate surface area is 120 Å². The first-order valence-electron chi connectivity index (χ1n) is 6.95. The van der Waals surface area contributed by atoms with Crippen molar-refractivity contribution >= 4 is 11.7 Å². The molecule has 0 saturated heterocycles. The van der Waals surface area contributed by atoms with Crippen LogP contribution in [0.1, 0.15) is 24.5 Å². The lowest BCUT2D eigenvalue weighted by atomic mass is 10.1. The third-order valence-corrected chi connectivity index (χ3v) is 3.05. The van der Waals surface area contributed by atoms with E-state index in [0.717, 1.165) is 24.1 Å². The molecule has 0 aliphatic rings. The SMILES string of the molecule is CCCc1ccc(NC(=O)NCc2ccccc2)cc1. The van der Waals surface area contributed by atoms with Gasteiger partial charge in [-0.25, -0.2) is 4.79 Å². The Morgan fingerprint density at radius 3 is 2.30 bits per heavy atom. The van der Waals surface area contributed by atoms with E-state index in [1.54, 1.807) is 0 Å². The van der Waals surface area contributed by atoms with Gasteiger partial charge >= 0.3 is 6.03 Å². The van der Waals surface area contributed by atoms with Crippen LogP contribution in [0.5, 0.6) is 0 Å². The predicted octanol–water partition coefficient (Wildman–Crippen LogP) is 3.96. The number of aryl methyl sites for hydroxylation is 1. The fourth-order valence-corrected chi connectivity index (χ4v) is 2.00. The second-order valence-corrected chi connectivity index (χ2v) is 4.74. The van der Waals surface area contributed by atoms with Gasteiger partial charge in [0.05, 0.1) is 0 Å². The van der Waals surface area contributed by atoms with Crippen LogP contribution in [0.25, 0.3) is 0 Å². The summed E-state index contributed by atoms with van der Waals surface area (Å²) < 4.78 is 0. The van der Waals surface area contributed by atoms with Crippen LogP contribution in [0.3, 0.4) is 0 Å². The number of anilines is 1. The normalized spacial score (nSPS) is 10.1. The summed E-state index contributed by atoms with van der Waals surface area (Å²) >= 11 is 0. The molecule has 0 saturated carbocycles. The number of hydrogen-bond donors (Lipinski definition) is 2. The molecule has 2 aromatic carbocycles. The molecule has 0 radical (unpaired) electrons. The molecular formula is C17H20N2O. The lowest BCUT2D eigenvalue weighted by molar-refractivity contribution is 0.251. The molecule has 0 heterocycles. The first-order valence-corrected chi connectivity index (χ1v) is 6.95. The smallest absolute Gasteiger partial charge is 0.319 e. The molecule has 0 fully saturated rings. The maximum atomic E-state index is 11.8. The monoisotopic (exact) mass is 268 g/mol. The molecule has 2 rings (SSSR count). The van der Waals surface area contributed by atoms with Gasteiger partial charge in [-0.2, -0.15) is 0 Å². The molecule has 3 heteroatoms. The second kappa shape index (κ2) is 7.34. The van der Waals surface area contributed by atoms with E-state index < -0.39 is 0 Å². The molecule has 0 aromatic heterocycles. The van der Waals surface area contributed by atoms with Gasteiger partial charge in [-0.05, 0) is 29.7 Å². The molecule has 0 atom stereocenters. The summed E-state index contributed by atoms with van der Waals surface area (Å²) in [5.41, 5.74) is 3.19. The van der Waals surface area contributed by atoms with Gasteiger partial charge in [-0.15, -0.1) is 0 Å². The predicted molar refractivity (Wildman–Crippen MR) is 82.7 cm³/mol. The summed E-state index contributed by atoms with van der Waals surface area (Å²) in [5, 5.41) is 5.67. The summed E-state index contributed by atoms with van der Waals surface area (Å²) in [6, 6.07) is 17.6. The molecule has 0 aliphatic heterocycles. The number of amides is 2. The summed E-state index contributed by atoms with van der Waals surface area (Å²) in [6.07, 6.45) is 2.20. The summed E-state index contributed by atoms with van der Waals surface area (Å²) in [5.74, 6) is 0. The number of nitrogens with one attached hydrogen (secondary N) is 2. The topological polar surface area (TPSA) is 41.1 Å². The van der Waals surface area contributed by atoms with Crippen molar-refractivity contribution in [1.82, 2.24) is 5.32 Å². The minimum absolute atomic E-state index is 0.183. The number of urea groups is 1. The standard InChI is InChI=1S/C17H20N2O/c1-2-6-14-9-11-16(12-10-14)19-17(20)18-13-15-7-4-3-5-8-15/h3-5,7-12H,2,6,13H2,1H3,(H2,18,19,20). The number of benzene rings is 2. The van der Waals surface area contributed by atoms with Gasteiger partial charge in [-0.3, -0.25) is 0 Å². The Bertz CT molecular complexity index is 535. The van der Waals surface area contributed by atoms with Crippen molar-refractivity contribution in [2.24, 2.45) is 0 Å². The number of hydrogen-bond acceptors (Lipinski definition) is 1. The van der Waals surface area contributed by atoms with E-state index >= 15 is 0 Å². The van der Waals surface area contributed by atoms with E-state index in [0.29, 0.717) is 6.54 Å². The van der Waals surface area contributed by atoms with Gasteiger partial charge in [0.15, 0.2) is 0 Å². The van der Waals surface area contributed by atoms with Crippen LogP contribution in [0.4, 0.5) is 10.5 Å². The molecule has 0 bridgehead atoms. The lowest BCUT2D eigenvalue weighted by Gasteiger charge is -2.08. The van der Waals surface area contributed by atoms with E-state index in [1.807, 2.05) is 42.5 Å². The van der Waals surface area contributed by atoms with Crippen LogP contribution in [-0.2, 0) is 13.0 Å². The number of carbonyl (C=O) groups excluding carboxylic acids is 1. The maximum Gasteiger partial charge on any atom is 0.319 e. The fourth-order valence-electron chi connectivity index (χ4n) is 2.00. The van der Waals surface area contributed by atoms with Crippen LogP contribution in [0.2, 0.25) is 0 Å². The highest BCUT2D eigenvalue weighted by atomic mass is 16.2. The average molecular weight is 268 g/mol.